The van der Waals surface area contributed by atoms with E-state index in [9.17, 15) is 19.0 Å². The molecule has 0 saturated heterocycles. The highest BCUT2D eigenvalue weighted by Gasteiger charge is 2.29. The molecule has 2 rings (SSSR count). The van der Waals surface area contributed by atoms with Crippen molar-refractivity contribution in [2.24, 2.45) is 11.8 Å². The summed E-state index contributed by atoms with van der Waals surface area (Å²) >= 11 is 12.2. The van der Waals surface area contributed by atoms with Gasteiger partial charge < -0.3 is 19.3 Å². The molecule has 35 heavy (non-hydrogen) atoms. The van der Waals surface area contributed by atoms with Gasteiger partial charge >= 0.3 is 12.1 Å². The first-order valence-electron chi connectivity index (χ1n) is 12.3. The van der Waals surface area contributed by atoms with Gasteiger partial charge in [-0.25, -0.2) is 4.79 Å². The van der Waals surface area contributed by atoms with Crippen LogP contribution in [0.25, 0.3) is 0 Å². The van der Waals surface area contributed by atoms with Crippen molar-refractivity contribution in [2.45, 2.75) is 78.6 Å². The lowest BCUT2D eigenvalue weighted by Crippen LogP contribution is -2.38. The molecule has 1 aliphatic carbocycles. The van der Waals surface area contributed by atoms with Crippen molar-refractivity contribution in [2.75, 3.05) is 18.9 Å². The molecule has 1 amide bonds. The summed E-state index contributed by atoms with van der Waals surface area (Å²) in [5.41, 5.74) is 0.734. The molecule has 1 fully saturated rings. The number of ether oxygens (including phenoxy) is 2. The highest BCUT2D eigenvalue weighted by atomic mass is 35.5. The summed E-state index contributed by atoms with van der Waals surface area (Å²) in [6.07, 6.45) is 4.47. The lowest BCUT2D eigenvalue weighted by molar-refractivity contribution is -0.170. The summed E-state index contributed by atoms with van der Waals surface area (Å²) in [7, 11) is -3.31. The zero-order chi connectivity index (χ0) is 26.2. The number of hydrogen-bond acceptors (Lipinski definition) is 5. The standard InChI is InChI=1S/C25H38Cl2NO6P/c1-17(2)24(29)33-19(4)34-25(30)28(18(3)21-11-12-22(26)23(27)15-21)13-8-14-35(31,32)16-20-9-6-5-7-10-20/h11-12,15,17-20H,5-10,13-14,16H2,1-4H3,(H,31,32)/t18-,19?/m0/s1. The fourth-order valence-corrected chi connectivity index (χ4v) is 6.58. The Morgan fingerprint density at radius 1 is 1.09 bits per heavy atom. The van der Waals surface area contributed by atoms with Gasteiger partial charge in [-0.1, -0.05) is 62.4 Å². The Morgan fingerprint density at radius 3 is 2.34 bits per heavy atom. The lowest BCUT2D eigenvalue weighted by Gasteiger charge is -2.31. The smallest absolute Gasteiger partial charge is 0.413 e. The van der Waals surface area contributed by atoms with E-state index in [-0.39, 0.29) is 18.6 Å². The summed E-state index contributed by atoms with van der Waals surface area (Å²) in [5.74, 6) is -0.532. The average molecular weight is 550 g/mol. The van der Waals surface area contributed by atoms with Crippen LogP contribution in [0.15, 0.2) is 18.2 Å². The van der Waals surface area contributed by atoms with Gasteiger partial charge in [-0.2, -0.15) is 0 Å². The maximum absolute atomic E-state index is 13.1. The van der Waals surface area contributed by atoms with Crippen LogP contribution in [0.1, 0.15) is 77.8 Å². The Bertz CT molecular complexity index is 906. The summed E-state index contributed by atoms with van der Waals surface area (Å²) in [6, 6.07) is 4.64. The molecule has 3 atom stereocenters. The molecule has 1 aromatic carbocycles. The molecule has 0 bridgehead atoms. The summed E-state index contributed by atoms with van der Waals surface area (Å²) in [4.78, 5) is 37.0. The highest BCUT2D eigenvalue weighted by molar-refractivity contribution is 7.58. The van der Waals surface area contributed by atoms with Gasteiger partial charge in [0.1, 0.15) is 0 Å². The Balaban J connectivity index is 2.08. The molecule has 0 aromatic heterocycles. The quantitative estimate of drug-likeness (QED) is 0.177. The first-order valence-corrected chi connectivity index (χ1v) is 15.1. The number of hydrogen-bond donors (Lipinski definition) is 1. The number of nitrogens with zero attached hydrogens (tertiary/aromatic N) is 1. The molecule has 1 N–H and O–H groups in total. The maximum atomic E-state index is 13.1. The van der Waals surface area contributed by atoms with Gasteiger partial charge in [0.2, 0.25) is 13.7 Å². The second-order valence-corrected chi connectivity index (χ2v) is 13.0. The molecule has 0 spiro atoms. The van der Waals surface area contributed by atoms with Crippen LogP contribution in [0.5, 0.6) is 0 Å². The highest BCUT2D eigenvalue weighted by Crippen LogP contribution is 2.46. The van der Waals surface area contributed by atoms with Crippen LogP contribution in [-0.4, -0.2) is 47.0 Å². The zero-order valence-electron chi connectivity index (χ0n) is 21.0. The summed E-state index contributed by atoms with van der Waals surface area (Å²) in [6.45, 7) is 6.87. The van der Waals surface area contributed by atoms with Crippen LogP contribution in [0, 0.1) is 11.8 Å². The van der Waals surface area contributed by atoms with Crippen LogP contribution in [0.2, 0.25) is 10.0 Å². The van der Waals surface area contributed by atoms with Crippen LogP contribution in [0.3, 0.4) is 0 Å². The lowest BCUT2D eigenvalue weighted by atomic mass is 9.91. The molecule has 1 aliphatic rings. The number of esters is 1. The molecule has 7 nitrogen and oxygen atoms in total. The minimum Gasteiger partial charge on any atom is -0.425 e. The number of rotatable bonds is 11. The van der Waals surface area contributed by atoms with E-state index >= 15 is 0 Å². The normalized spacial score (nSPS) is 17.9. The van der Waals surface area contributed by atoms with E-state index in [2.05, 4.69) is 0 Å². The maximum Gasteiger partial charge on any atom is 0.413 e. The van der Waals surface area contributed by atoms with Crippen molar-refractivity contribution in [3.8, 4) is 0 Å². The molecule has 0 heterocycles. The molecular formula is C25H38Cl2NO6P. The fraction of sp³-hybridized carbons (Fsp3) is 0.680. The molecule has 198 valence electrons. The molecular weight excluding hydrogens is 512 g/mol. The largest absolute Gasteiger partial charge is 0.425 e. The Labute approximate surface area is 218 Å². The third kappa shape index (κ3) is 9.95. The SMILES string of the molecule is CC(OC(=O)C(C)C)OC(=O)N(CCCP(=O)(O)CC1CCCCC1)[C@@H](C)c1ccc(Cl)c(Cl)c1. The van der Waals surface area contributed by atoms with Gasteiger partial charge in [0.05, 0.1) is 22.0 Å². The van der Waals surface area contributed by atoms with E-state index in [1.54, 1.807) is 32.0 Å². The molecule has 1 aromatic rings. The van der Waals surface area contributed by atoms with Crippen LogP contribution in [-0.2, 0) is 18.8 Å². The van der Waals surface area contributed by atoms with Gasteiger partial charge in [-0.05, 0) is 49.8 Å². The monoisotopic (exact) mass is 549 g/mol. The molecule has 2 unspecified atom stereocenters. The molecule has 1 saturated carbocycles. The van der Waals surface area contributed by atoms with Gasteiger partial charge in [0, 0.05) is 25.8 Å². The van der Waals surface area contributed by atoms with E-state index in [1.165, 1.54) is 18.2 Å². The van der Waals surface area contributed by atoms with Crippen molar-refractivity contribution in [1.82, 2.24) is 4.90 Å². The minimum absolute atomic E-state index is 0.124. The second-order valence-electron chi connectivity index (χ2n) is 9.70. The van der Waals surface area contributed by atoms with Gasteiger partial charge in [0.15, 0.2) is 0 Å². The second kappa shape index (κ2) is 13.9. The van der Waals surface area contributed by atoms with Gasteiger partial charge in [-0.3, -0.25) is 9.36 Å². The molecule has 0 aliphatic heterocycles. The average Bonchev–Trinajstić information content (AvgIpc) is 2.78. The van der Waals surface area contributed by atoms with Gasteiger partial charge in [0.25, 0.3) is 0 Å². The van der Waals surface area contributed by atoms with E-state index < -0.39 is 31.8 Å². The third-order valence-corrected chi connectivity index (χ3v) is 9.16. The van der Waals surface area contributed by atoms with Crippen molar-refractivity contribution in [3.63, 3.8) is 0 Å². The third-order valence-electron chi connectivity index (χ3n) is 6.32. The van der Waals surface area contributed by atoms with Crippen molar-refractivity contribution in [3.05, 3.63) is 33.8 Å². The number of carbonyl (C=O) groups excluding carboxylic acids is 2. The summed E-state index contributed by atoms with van der Waals surface area (Å²) in [5, 5.41) is 0.755. The van der Waals surface area contributed by atoms with E-state index in [0.29, 0.717) is 28.5 Å². The molecule has 0 radical (unpaired) electrons. The van der Waals surface area contributed by atoms with E-state index in [1.807, 2.05) is 6.92 Å². The van der Waals surface area contributed by atoms with Crippen LogP contribution < -0.4 is 0 Å². The number of halogens is 2. The van der Waals surface area contributed by atoms with Gasteiger partial charge in [-0.15, -0.1) is 0 Å². The van der Waals surface area contributed by atoms with Crippen molar-refractivity contribution >= 4 is 42.6 Å². The fourth-order valence-electron chi connectivity index (χ4n) is 4.28. The zero-order valence-corrected chi connectivity index (χ0v) is 23.5. The Hall–Kier alpha value is -1.27. The van der Waals surface area contributed by atoms with E-state index in [0.717, 1.165) is 31.2 Å². The first-order chi connectivity index (χ1) is 16.4. The summed E-state index contributed by atoms with van der Waals surface area (Å²) < 4.78 is 23.4. The van der Waals surface area contributed by atoms with Crippen LogP contribution >= 0.6 is 30.6 Å². The number of carbonyl (C=O) groups is 2. The van der Waals surface area contributed by atoms with Crippen LogP contribution in [0.4, 0.5) is 4.79 Å². The number of benzene rings is 1. The Morgan fingerprint density at radius 2 is 1.74 bits per heavy atom. The van der Waals surface area contributed by atoms with E-state index in [4.69, 9.17) is 32.7 Å². The first kappa shape index (κ1) is 30.0. The van der Waals surface area contributed by atoms with Crippen molar-refractivity contribution < 1.29 is 28.5 Å². The number of amides is 1. The Kier molecular flexibility index (Phi) is 11.9. The topological polar surface area (TPSA) is 93.1 Å². The predicted molar refractivity (Wildman–Crippen MR) is 139 cm³/mol. The molecule has 10 heteroatoms. The predicted octanol–water partition coefficient (Wildman–Crippen LogP) is 7.28. The van der Waals surface area contributed by atoms with Crippen molar-refractivity contribution in [1.29, 1.82) is 0 Å². The minimum atomic E-state index is -3.31.